The third-order valence-electron chi connectivity index (χ3n) is 5.86. The lowest BCUT2D eigenvalue weighted by molar-refractivity contribution is -0.144. The zero-order chi connectivity index (χ0) is 14.8. The molecule has 0 saturated heterocycles. The number of carbonyl (C=O) groups excluding carboxylic acids is 1. The Balaban J connectivity index is 1.60. The molecule has 2 nitrogen and oxygen atoms in total. The Morgan fingerprint density at radius 2 is 2.05 bits per heavy atom. The van der Waals surface area contributed by atoms with E-state index in [4.69, 9.17) is 4.74 Å². The molecular formula is C19H28O2. The van der Waals surface area contributed by atoms with E-state index in [0.717, 1.165) is 36.5 Å². The third-order valence-corrected chi connectivity index (χ3v) is 5.86. The lowest BCUT2D eigenvalue weighted by atomic mass is 9.62. The van der Waals surface area contributed by atoms with Crippen LogP contribution in [0.15, 0.2) is 24.3 Å². The molecule has 0 aromatic heterocycles. The van der Waals surface area contributed by atoms with Gasteiger partial charge in [-0.15, -0.1) is 0 Å². The second-order valence-corrected chi connectivity index (χ2v) is 7.43. The predicted molar refractivity (Wildman–Crippen MR) is 84.7 cm³/mol. The molecule has 0 aromatic carbocycles. The lowest BCUT2D eigenvalue weighted by Crippen LogP contribution is -2.35. The number of cyclic esters (lactones) is 1. The summed E-state index contributed by atoms with van der Waals surface area (Å²) in [6.45, 7) is 4.76. The van der Waals surface area contributed by atoms with Crippen LogP contribution in [-0.2, 0) is 9.53 Å². The van der Waals surface area contributed by atoms with Crippen molar-refractivity contribution in [3.8, 4) is 0 Å². The van der Waals surface area contributed by atoms with Gasteiger partial charge in [-0.3, -0.25) is 0 Å². The molecule has 6 atom stereocenters. The Morgan fingerprint density at radius 3 is 2.86 bits per heavy atom. The molecule has 0 bridgehead atoms. The van der Waals surface area contributed by atoms with Crippen molar-refractivity contribution < 1.29 is 9.53 Å². The molecule has 1 aliphatic heterocycles. The molecule has 2 aliphatic carbocycles. The van der Waals surface area contributed by atoms with Crippen molar-refractivity contribution in [2.45, 2.75) is 58.5 Å². The van der Waals surface area contributed by atoms with E-state index >= 15 is 0 Å². The van der Waals surface area contributed by atoms with E-state index in [2.05, 4.69) is 26.0 Å². The second-order valence-electron chi connectivity index (χ2n) is 7.43. The maximum Gasteiger partial charge on any atom is 0.330 e. The van der Waals surface area contributed by atoms with Gasteiger partial charge in [0.15, 0.2) is 0 Å². The van der Waals surface area contributed by atoms with Gasteiger partial charge in [-0.2, -0.15) is 0 Å². The molecular weight excluding hydrogens is 260 g/mol. The van der Waals surface area contributed by atoms with Gasteiger partial charge in [-0.25, -0.2) is 4.79 Å². The van der Waals surface area contributed by atoms with Crippen molar-refractivity contribution in [1.29, 1.82) is 0 Å². The van der Waals surface area contributed by atoms with E-state index in [1.54, 1.807) is 6.08 Å². The van der Waals surface area contributed by atoms with Crippen LogP contribution in [0.5, 0.6) is 0 Å². The van der Waals surface area contributed by atoms with Crippen LogP contribution in [0.2, 0.25) is 0 Å². The SMILES string of the molecule is C[C@@H]1CC[C@@H]2[C@@H](CC[C@@H]3CC=CC(=O)O3)[C@@H](C)C=C[C@H]2C1. The highest BCUT2D eigenvalue weighted by Crippen LogP contribution is 2.46. The standard InChI is InChI=1S/C19H28O2/c1-13-6-10-18-15(12-13)8-7-14(2)17(18)11-9-16-4-3-5-19(20)21-16/h3,5,7-8,13-18H,4,6,9-12H2,1-2H3/t13-,14+,15+,16+,17+,18+/m1/s1. The molecule has 3 rings (SSSR count). The molecule has 0 N–H and O–H groups in total. The number of rotatable bonds is 3. The minimum Gasteiger partial charge on any atom is -0.459 e. The van der Waals surface area contributed by atoms with Crippen LogP contribution in [0.3, 0.4) is 0 Å². The summed E-state index contributed by atoms with van der Waals surface area (Å²) in [4.78, 5) is 11.3. The Hall–Kier alpha value is -1.05. The smallest absolute Gasteiger partial charge is 0.330 e. The molecule has 116 valence electrons. The van der Waals surface area contributed by atoms with Crippen LogP contribution in [0.25, 0.3) is 0 Å². The highest BCUT2D eigenvalue weighted by atomic mass is 16.5. The van der Waals surface area contributed by atoms with Gasteiger partial charge < -0.3 is 4.74 Å². The zero-order valence-corrected chi connectivity index (χ0v) is 13.3. The topological polar surface area (TPSA) is 26.3 Å². The number of carbonyl (C=O) groups is 1. The van der Waals surface area contributed by atoms with E-state index in [1.165, 1.54) is 25.7 Å². The average molecular weight is 288 g/mol. The highest BCUT2D eigenvalue weighted by molar-refractivity contribution is 5.82. The molecule has 0 unspecified atom stereocenters. The van der Waals surface area contributed by atoms with Crippen LogP contribution in [0, 0.1) is 29.6 Å². The predicted octanol–water partition coefficient (Wildman–Crippen LogP) is 4.51. The molecule has 1 heterocycles. The largest absolute Gasteiger partial charge is 0.459 e. The van der Waals surface area contributed by atoms with Gasteiger partial charge in [-0.1, -0.05) is 38.5 Å². The fourth-order valence-corrected chi connectivity index (χ4v) is 4.65. The molecule has 1 fully saturated rings. The summed E-state index contributed by atoms with van der Waals surface area (Å²) in [5, 5.41) is 0. The summed E-state index contributed by atoms with van der Waals surface area (Å²) >= 11 is 0. The first-order valence-electron chi connectivity index (χ1n) is 8.69. The quantitative estimate of drug-likeness (QED) is 0.564. The van der Waals surface area contributed by atoms with Gasteiger partial charge in [0.1, 0.15) is 6.10 Å². The minimum atomic E-state index is -0.160. The van der Waals surface area contributed by atoms with E-state index in [9.17, 15) is 4.79 Å². The van der Waals surface area contributed by atoms with Gasteiger partial charge in [-0.05, 0) is 55.3 Å². The summed E-state index contributed by atoms with van der Waals surface area (Å²) in [5.41, 5.74) is 0. The van der Waals surface area contributed by atoms with Gasteiger partial charge in [0.05, 0.1) is 0 Å². The van der Waals surface area contributed by atoms with E-state index in [1.807, 2.05) is 6.08 Å². The first-order valence-corrected chi connectivity index (χ1v) is 8.69. The van der Waals surface area contributed by atoms with Crippen molar-refractivity contribution in [2.24, 2.45) is 29.6 Å². The third kappa shape index (κ3) is 3.41. The van der Waals surface area contributed by atoms with Crippen molar-refractivity contribution in [3.05, 3.63) is 24.3 Å². The molecule has 1 saturated carbocycles. The van der Waals surface area contributed by atoms with E-state index in [0.29, 0.717) is 5.92 Å². The van der Waals surface area contributed by atoms with Crippen LogP contribution in [-0.4, -0.2) is 12.1 Å². The van der Waals surface area contributed by atoms with Crippen LogP contribution in [0.1, 0.15) is 52.4 Å². The average Bonchev–Trinajstić information content (AvgIpc) is 2.46. The van der Waals surface area contributed by atoms with Gasteiger partial charge in [0.2, 0.25) is 0 Å². The Labute approximate surface area is 128 Å². The number of esters is 1. The molecule has 0 amide bonds. The van der Waals surface area contributed by atoms with Crippen molar-refractivity contribution in [2.75, 3.05) is 0 Å². The highest BCUT2D eigenvalue weighted by Gasteiger charge is 2.37. The van der Waals surface area contributed by atoms with Gasteiger partial charge >= 0.3 is 5.97 Å². The van der Waals surface area contributed by atoms with E-state index in [-0.39, 0.29) is 12.1 Å². The van der Waals surface area contributed by atoms with Gasteiger partial charge in [0.25, 0.3) is 0 Å². The number of hydrogen-bond acceptors (Lipinski definition) is 2. The summed E-state index contributed by atoms with van der Waals surface area (Å²) in [6, 6.07) is 0. The zero-order valence-electron chi connectivity index (χ0n) is 13.3. The molecule has 0 radical (unpaired) electrons. The Kier molecular flexibility index (Phi) is 4.51. The fraction of sp³-hybridized carbons (Fsp3) is 0.737. The molecule has 2 heteroatoms. The maximum atomic E-state index is 11.3. The monoisotopic (exact) mass is 288 g/mol. The number of ether oxygens (including phenoxy) is 1. The second kappa shape index (κ2) is 6.37. The molecule has 0 spiro atoms. The molecule has 21 heavy (non-hydrogen) atoms. The number of allylic oxidation sites excluding steroid dienone is 2. The minimum absolute atomic E-state index is 0.113. The fourth-order valence-electron chi connectivity index (χ4n) is 4.65. The molecule has 0 aromatic rings. The van der Waals surface area contributed by atoms with Crippen LogP contribution >= 0.6 is 0 Å². The molecule has 3 aliphatic rings. The first-order chi connectivity index (χ1) is 10.1. The van der Waals surface area contributed by atoms with Crippen molar-refractivity contribution in [1.82, 2.24) is 0 Å². The van der Waals surface area contributed by atoms with E-state index < -0.39 is 0 Å². The lowest BCUT2D eigenvalue weighted by Gasteiger charge is -2.43. The normalized spacial score (nSPS) is 42.5. The number of fused-ring (bicyclic) bond motifs is 1. The van der Waals surface area contributed by atoms with Crippen molar-refractivity contribution >= 4 is 5.97 Å². The maximum absolute atomic E-state index is 11.3. The number of hydrogen-bond donors (Lipinski definition) is 0. The summed E-state index contributed by atoms with van der Waals surface area (Å²) < 4.78 is 5.42. The van der Waals surface area contributed by atoms with Crippen LogP contribution < -0.4 is 0 Å². The van der Waals surface area contributed by atoms with Crippen LogP contribution in [0.4, 0.5) is 0 Å². The Bertz CT molecular complexity index is 437. The van der Waals surface area contributed by atoms with Crippen molar-refractivity contribution in [3.63, 3.8) is 0 Å². The first kappa shape index (κ1) is 14.9. The summed E-state index contributed by atoms with van der Waals surface area (Å²) in [7, 11) is 0. The van der Waals surface area contributed by atoms with Gasteiger partial charge in [0, 0.05) is 12.5 Å². The summed E-state index contributed by atoms with van der Waals surface area (Å²) in [6.07, 6.45) is 15.8. The Morgan fingerprint density at radius 1 is 1.19 bits per heavy atom. The summed E-state index contributed by atoms with van der Waals surface area (Å²) in [5.74, 6) is 3.83.